The van der Waals surface area contributed by atoms with E-state index in [0.29, 0.717) is 6.61 Å². The maximum atomic E-state index is 12.8. The molecule has 2 heteroatoms. The molecule has 35 heavy (non-hydrogen) atoms. The van der Waals surface area contributed by atoms with Crippen molar-refractivity contribution in [3.8, 4) is 0 Å². The Labute approximate surface area is 219 Å². The molecular weight excluding hydrogens is 428 g/mol. The van der Waals surface area contributed by atoms with Gasteiger partial charge in [0, 0.05) is 0 Å². The van der Waals surface area contributed by atoms with Crippen LogP contribution in [0.25, 0.3) is 0 Å². The molecule has 0 bridgehead atoms. The van der Waals surface area contributed by atoms with Crippen LogP contribution in [0.1, 0.15) is 161 Å². The molecule has 1 aromatic rings. The third-order valence-corrected chi connectivity index (χ3v) is 7.25. The van der Waals surface area contributed by atoms with E-state index < -0.39 is 0 Å². The quantitative estimate of drug-likeness (QED) is 0.107. The Morgan fingerprint density at radius 2 is 1.09 bits per heavy atom. The molecule has 1 aromatic carbocycles. The first-order valence-electron chi connectivity index (χ1n) is 15.4. The average Bonchev–Trinajstić information content (AvgIpc) is 2.86. The lowest BCUT2D eigenvalue weighted by molar-refractivity contribution is -0.145. The molecule has 0 radical (unpaired) electrons. The van der Waals surface area contributed by atoms with Gasteiger partial charge in [0.2, 0.25) is 0 Å². The van der Waals surface area contributed by atoms with Gasteiger partial charge >= 0.3 is 5.97 Å². The van der Waals surface area contributed by atoms with Crippen molar-refractivity contribution < 1.29 is 9.53 Å². The Hall–Kier alpha value is -1.31. The molecule has 0 spiro atoms. The van der Waals surface area contributed by atoms with Crippen molar-refractivity contribution in [1.29, 1.82) is 0 Å². The Kier molecular flexibility index (Phi) is 20.9. The molecule has 0 saturated heterocycles. The summed E-state index contributed by atoms with van der Waals surface area (Å²) in [6.07, 6.45) is 26.1. The van der Waals surface area contributed by atoms with Crippen LogP contribution in [-0.4, -0.2) is 12.6 Å². The van der Waals surface area contributed by atoms with Crippen LogP contribution in [0.2, 0.25) is 0 Å². The molecule has 1 rings (SSSR count). The number of benzene rings is 1. The van der Waals surface area contributed by atoms with E-state index in [0.717, 1.165) is 37.2 Å². The molecule has 1 unspecified atom stereocenters. The van der Waals surface area contributed by atoms with Gasteiger partial charge in [0.1, 0.15) is 0 Å². The van der Waals surface area contributed by atoms with Gasteiger partial charge in [-0.25, -0.2) is 0 Å². The highest BCUT2D eigenvalue weighted by molar-refractivity contribution is 5.78. The number of hydrogen-bond acceptors (Lipinski definition) is 2. The van der Waals surface area contributed by atoms with E-state index in [1.54, 1.807) is 0 Å². The molecule has 0 aliphatic rings. The second-order valence-corrected chi connectivity index (χ2v) is 11.1. The molecule has 202 valence electrons. The van der Waals surface area contributed by atoms with Gasteiger partial charge in [-0.15, -0.1) is 0 Å². The van der Waals surface area contributed by atoms with Crippen LogP contribution in [0.3, 0.4) is 0 Å². The van der Waals surface area contributed by atoms with E-state index in [9.17, 15) is 4.79 Å². The van der Waals surface area contributed by atoms with Crippen LogP contribution in [0.5, 0.6) is 0 Å². The van der Waals surface area contributed by atoms with Crippen molar-refractivity contribution in [1.82, 2.24) is 0 Å². The number of carbonyl (C=O) groups excluding carboxylic acids is 1. The highest BCUT2D eigenvalue weighted by Crippen LogP contribution is 2.25. The first-order chi connectivity index (χ1) is 17.1. The number of esters is 1. The lowest BCUT2D eigenvalue weighted by atomic mass is 9.93. The topological polar surface area (TPSA) is 26.3 Å². The zero-order valence-corrected chi connectivity index (χ0v) is 23.7. The van der Waals surface area contributed by atoms with Crippen LogP contribution in [0.4, 0.5) is 0 Å². The van der Waals surface area contributed by atoms with Gasteiger partial charge in [0.05, 0.1) is 12.5 Å². The predicted molar refractivity (Wildman–Crippen MR) is 153 cm³/mol. The lowest BCUT2D eigenvalue weighted by Gasteiger charge is -2.16. The smallest absolute Gasteiger partial charge is 0.313 e. The average molecular weight is 487 g/mol. The van der Waals surface area contributed by atoms with Crippen molar-refractivity contribution in [3.63, 3.8) is 0 Å². The SMILES string of the molecule is CCCCCCCCCCCCCCCCCC(C(=O)OCCCCCC(C)C)c1ccccc1. The van der Waals surface area contributed by atoms with Crippen LogP contribution in [-0.2, 0) is 9.53 Å². The van der Waals surface area contributed by atoms with Crippen LogP contribution in [0.15, 0.2) is 30.3 Å². The summed E-state index contributed by atoms with van der Waals surface area (Å²) >= 11 is 0. The Morgan fingerprint density at radius 1 is 0.629 bits per heavy atom. The summed E-state index contributed by atoms with van der Waals surface area (Å²) in [6, 6.07) is 10.3. The van der Waals surface area contributed by atoms with Gasteiger partial charge in [0.15, 0.2) is 0 Å². The molecule has 0 aliphatic heterocycles. The summed E-state index contributed by atoms with van der Waals surface area (Å²) in [6.45, 7) is 7.39. The van der Waals surface area contributed by atoms with Gasteiger partial charge in [-0.05, 0) is 24.3 Å². The fourth-order valence-corrected chi connectivity index (χ4v) is 4.93. The lowest BCUT2D eigenvalue weighted by Crippen LogP contribution is -2.17. The highest BCUT2D eigenvalue weighted by Gasteiger charge is 2.21. The first kappa shape index (κ1) is 31.7. The van der Waals surface area contributed by atoms with Crippen LogP contribution >= 0.6 is 0 Å². The monoisotopic (exact) mass is 486 g/mol. The largest absolute Gasteiger partial charge is 0.465 e. The predicted octanol–water partition coefficient (Wildman–Crippen LogP) is 10.8. The normalized spacial score (nSPS) is 12.2. The molecule has 0 aliphatic carbocycles. The van der Waals surface area contributed by atoms with E-state index in [4.69, 9.17) is 4.74 Å². The molecule has 0 amide bonds. The van der Waals surface area contributed by atoms with Gasteiger partial charge in [-0.3, -0.25) is 4.79 Å². The summed E-state index contributed by atoms with van der Waals surface area (Å²) in [5.41, 5.74) is 1.11. The van der Waals surface area contributed by atoms with Crippen molar-refractivity contribution in [2.75, 3.05) is 6.61 Å². The highest BCUT2D eigenvalue weighted by atomic mass is 16.5. The third kappa shape index (κ3) is 18.6. The molecule has 1 atom stereocenters. The molecule has 2 nitrogen and oxygen atoms in total. The summed E-state index contributed by atoms with van der Waals surface area (Å²) in [5.74, 6) is 0.633. The van der Waals surface area contributed by atoms with E-state index in [1.807, 2.05) is 18.2 Å². The first-order valence-corrected chi connectivity index (χ1v) is 15.4. The van der Waals surface area contributed by atoms with E-state index in [2.05, 4.69) is 32.9 Å². The number of unbranched alkanes of at least 4 members (excludes halogenated alkanes) is 16. The minimum atomic E-state index is -0.103. The molecule has 0 heterocycles. The van der Waals surface area contributed by atoms with Gasteiger partial charge in [-0.1, -0.05) is 167 Å². The number of rotatable bonds is 24. The van der Waals surface area contributed by atoms with Crippen molar-refractivity contribution in [2.45, 2.75) is 155 Å². The third-order valence-electron chi connectivity index (χ3n) is 7.25. The van der Waals surface area contributed by atoms with Crippen molar-refractivity contribution >= 4 is 5.97 Å². The summed E-state index contributed by atoms with van der Waals surface area (Å²) in [7, 11) is 0. The Morgan fingerprint density at radius 3 is 1.60 bits per heavy atom. The van der Waals surface area contributed by atoms with Crippen LogP contribution < -0.4 is 0 Å². The number of ether oxygens (including phenoxy) is 1. The Bertz CT molecular complexity index is 580. The van der Waals surface area contributed by atoms with Gasteiger partial charge in [-0.2, -0.15) is 0 Å². The number of carbonyl (C=O) groups is 1. The minimum absolute atomic E-state index is 0.0228. The fourth-order valence-electron chi connectivity index (χ4n) is 4.93. The number of hydrogen-bond donors (Lipinski definition) is 0. The van der Waals surface area contributed by atoms with E-state index in [1.165, 1.54) is 103 Å². The fraction of sp³-hybridized carbons (Fsp3) is 0.788. The van der Waals surface area contributed by atoms with Crippen molar-refractivity contribution in [2.24, 2.45) is 5.92 Å². The molecule has 0 fully saturated rings. The van der Waals surface area contributed by atoms with E-state index >= 15 is 0 Å². The summed E-state index contributed by atoms with van der Waals surface area (Å²) < 4.78 is 5.70. The zero-order valence-electron chi connectivity index (χ0n) is 23.7. The maximum Gasteiger partial charge on any atom is 0.313 e. The standard InChI is InChI=1S/C33H58O2/c1-4-5-6-7-8-9-10-11-12-13-14-15-16-17-23-28-32(31-26-21-18-22-27-31)33(34)35-29-24-19-20-25-30(2)3/h18,21-22,26-27,30,32H,4-17,19-20,23-25,28-29H2,1-3H3. The molecule has 0 aromatic heterocycles. The van der Waals surface area contributed by atoms with E-state index in [-0.39, 0.29) is 11.9 Å². The molecule has 0 saturated carbocycles. The second kappa shape index (κ2) is 23.1. The van der Waals surface area contributed by atoms with Crippen molar-refractivity contribution in [3.05, 3.63) is 35.9 Å². The summed E-state index contributed by atoms with van der Waals surface area (Å²) in [4.78, 5) is 12.8. The molecule has 0 N–H and O–H groups in total. The minimum Gasteiger partial charge on any atom is -0.465 e. The second-order valence-electron chi connectivity index (χ2n) is 11.1. The molecular formula is C33H58O2. The van der Waals surface area contributed by atoms with Crippen LogP contribution in [0, 0.1) is 5.92 Å². The maximum absolute atomic E-state index is 12.8. The summed E-state index contributed by atoms with van der Waals surface area (Å²) in [5, 5.41) is 0. The van der Waals surface area contributed by atoms with Gasteiger partial charge < -0.3 is 4.74 Å². The van der Waals surface area contributed by atoms with Gasteiger partial charge in [0.25, 0.3) is 0 Å². The zero-order chi connectivity index (χ0) is 25.4. The Balaban J connectivity index is 2.11.